The molecule has 0 atom stereocenters. The summed E-state index contributed by atoms with van der Waals surface area (Å²) >= 11 is 0. The van der Waals surface area contributed by atoms with E-state index >= 15 is 0 Å². The Labute approximate surface area is 101 Å². The van der Waals surface area contributed by atoms with E-state index in [1.165, 1.54) is 0 Å². The van der Waals surface area contributed by atoms with Gasteiger partial charge in [-0.2, -0.15) is 0 Å². The lowest BCUT2D eigenvalue weighted by atomic mass is 10.2. The summed E-state index contributed by atoms with van der Waals surface area (Å²) in [7, 11) is 1.58. The molecule has 16 heavy (non-hydrogen) atoms. The Morgan fingerprint density at radius 3 is 3.00 bits per heavy atom. The lowest BCUT2D eigenvalue weighted by Gasteiger charge is -2.04. The van der Waals surface area contributed by atoms with Crippen LogP contribution in [0.5, 0.6) is 0 Å². The van der Waals surface area contributed by atoms with E-state index in [4.69, 9.17) is 10.5 Å². The Bertz CT molecular complexity index is 334. The largest absolute Gasteiger partial charge is 0.383 e. The van der Waals surface area contributed by atoms with Crippen LogP contribution in [0.3, 0.4) is 0 Å². The number of nitrogens with zero attached hydrogens (tertiary/aromatic N) is 1. The van der Waals surface area contributed by atoms with Crippen LogP contribution < -0.4 is 11.1 Å². The fraction of sp³-hybridized carbons (Fsp3) is 0.400. The monoisotopic (exact) mass is 245 g/mol. The summed E-state index contributed by atoms with van der Waals surface area (Å²) in [6, 6.07) is 3.47. The number of pyridine rings is 1. The molecular weight excluding hydrogens is 230 g/mol. The van der Waals surface area contributed by atoms with Crippen LogP contribution in [0.25, 0.3) is 0 Å². The minimum atomic E-state index is -0.206. The molecule has 6 heteroatoms. The maximum absolute atomic E-state index is 11.5. The Morgan fingerprint density at radius 1 is 1.62 bits per heavy atom. The number of halogens is 1. The lowest BCUT2D eigenvalue weighted by Crippen LogP contribution is -2.27. The van der Waals surface area contributed by atoms with E-state index in [0.29, 0.717) is 25.4 Å². The van der Waals surface area contributed by atoms with Gasteiger partial charge in [-0.1, -0.05) is 0 Å². The van der Waals surface area contributed by atoms with Gasteiger partial charge in [0.2, 0.25) is 0 Å². The number of carbonyl (C=O) groups excluding carboxylic acids is 1. The molecule has 0 spiro atoms. The number of carbonyl (C=O) groups is 1. The zero-order valence-corrected chi connectivity index (χ0v) is 9.92. The number of rotatable bonds is 5. The van der Waals surface area contributed by atoms with Crippen molar-refractivity contribution in [2.45, 2.75) is 6.54 Å². The average molecular weight is 246 g/mol. The molecule has 1 amide bonds. The second kappa shape index (κ2) is 8.04. The fourth-order valence-corrected chi connectivity index (χ4v) is 1.08. The van der Waals surface area contributed by atoms with Gasteiger partial charge in [0.05, 0.1) is 6.61 Å². The molecule has 1 aromatic rings. The summed E-state index contributed by atoms with van der Waals surface area (Å²) in [5.41, 5.74) is 6.74. The standard InChI is InChI=1S/C10H15N3O2.ClH/c1-15-5-4-13-10(14)9-6-8(7-11)2-3-12-9;/h2-3,6H,4-5,7,11H2,1H3,(H,13,14);1H. The predicted molar refractivity (Wildman–Crippen MR) is 63.6 cm³/mol. The third-order valence-corrected chi connectivity index (χ3v) is 1.88. The van der Waals surface area contributed by atoms with Crippen molar-refractivity contribution in [1.29, 1.82) is 0 Å². The molecule has 0 aromatic carbocycles. The average Bonchev–Trinajstić information content (AvgIpc) is 2.29. The van der Waals surface area contributed by atoms with Gasteiger partial charge >= 0.3 is 0 Å². The number of amides is 1. The van der Waals surface area contributed by atoms with Gasteiger partial charge in [-0.25, -0.2) is 0 Å². The number of aromatic nitrogens is 1. The summed E-state index contributed by atoms with van der Waals surface area (Å²) in [6.45, 7) is 1.37. The van der Waals surface area contributed by atoms with Crippen LogP contribution in [-0.4, -0.2) is 31.2 Å². The quantitative estimate of drug-likeness (QED) is 0.734. The van der Waals surface area contributed by atoms with Crippen LogP contribution in [0, 0.1) is 0 Å². The molecule has 0 aliphatic rings. The number of hydrogen-bond donors (Lipinski definition) is 2. The molecule has 0 radical (unpaired) electrons. The SMILES string of the molecule is COCCNC(=O)c1cc(CN)ccn1.Cl. The van der Waals surface area contributed by atoms with E-state index in [1.54, 1.807) is 25.4 Å². The maximum atomic E-state index is 11.5. The van der Waals surface area contributed by atoms with Crippen molar-refractivity contribution in [2.24, 2.45) is 5.73 Å². The second-order valence-electron chi connectivity index (χ2n) is 3.00. The number of nitrogens with one attached hydrogen (secondary N) is 1. The number of hydrogen-bond acceptors (Lipinski definition) is 4. The molecule has 0 saturated heterocycles. The van der Waals surface area contributed by atoms with Crippen LogP contribution in [0.15, 0.2) is 18.3 Å². The van der Waals surface area contributed by atoms with E-state index in [-0.39, 0.29) is 18.3 Å². The van der Waals surface area contributed by atoms with Gasteiger partial charge in [0.25, 0.3) is 5.91 Å². The minimum Gasteiger partial charge on any atom is -0.383 e. The van der Waals surface area contributed by atoms with Crippen molar-refractivity contribution in [3.05, 3.63) is 29.6 Å². The summed E-state index contributed by atoms with van der Waals surface area (Å²) in [4.78, 5) is 15.5. The van der Waals surface area contributed by atoms with Gasteiger partial charge in [-0.15, -0.1) is 12.4 Å². The molecule has 0 fully saturated rings. The number of methoxy groups -OCH3 is 1. The van der Waals surface area contributed by atoms with Crippen LogP contribution in [-0.2, 0) is 11.3 Å². The number of ether oxygens (including phenoxy) is 1. The summed E-state index contributed by atoms with van der Waals surface area (Å²) in [6.07, 6.45) is 1.58. The maximum Gasteiger partial charge on any atom is 0.269 e. The minimum absolute atomic E-state index is 0. The second-order valence-corrected chi connectivity index (χ2v) is 3.00. The van der Waals surface area contributed by atoms with E-state index in [1.807, 2.05) is 0 Å². The normalized spacial score (nSPS) is 9.38. The van der Waals surface area contributed by atoms with E-state index in [0.717, 1.165) is 5.56 Å². The Kier molecular flexibility index (Phi) is 7.45. The summed E-state index contributed by atoms with van der Waals surface area (Å²) < 4.78 is 4.82. The first-order valence-electron chi connectivity index (χ1n) is 4.70. The highest BCUT2D eigenvalue weighted by Gasteiger charge is 2.06. The third-order valence-electron chi connectivity index (χ3n) is 1.88. The molecule has 90 valence electrons. The molecular formula is C10H16ClN3O2. The lowest BCUT2D eigenvalue weighted by molar-refractivity contribution is 0.0932. The first-order chi connectivity index (χ1) is 7.27. The zero-order chi connectivity index (χ0) is 11.1. The Balaban J connectivity index is 0.00000225. The van der Waals surface area contributed by atoms with Crippen LogP contribution in [0.4, 0.5) is 0 Å². The predicted octanol–water partition coefficient (Wildman–Crippen LogP) is 0.338. The van der Waals surface area contributed by atoms with Gasteiger partial charge < -0.3 is 15.8 Å². The highest BCUT2D eigenvalue weighted by Crippen LogP contribution is 2.00. The highest BCUT2D eigenvalue weighted by molar-refractivity contribution is 5.92. The molecule has 1 heterocycles. The summed E-state index contributed by atoms with van der Waals surface area (Å²) in [5, 5.41) is 2.68. The smallest absolute Gasteiger partial charge is 0.269 e. The molecule has 0 unspecified atom stereocenters. The van der Waals surface area contributed by atoms with E-state index in [2.05, 4.69) is 10.3 Å². The van der Waals surface area contributed by atoms with Crippen molar-refractivity contribution in [3.8, 4) is 0 Å². The topological polar surface area (TPSA) is 77.2 Å². The molecule has 3 N–H and O–H groups in total. The first kappa shape index (κ1) is 14.8. The Morgan fingerprint density at radius 2 is 2.38 bits per heavy atom. The molecule has 5 nitrogen and oxygen atoms in total. The molecule has 0 saturated carbocycles. The van der Waals surface area contributed by atoms with Crippen molar-refractivity contribution in [1.82, 2.24) is 10.3 Å². The van der Waals surface area contributed by atoms with Crippen molar-refractivity contribution >= 4 is 18.3 Å². The van der Waals surface area contributed by atoms with Crippen LogP contribution >= 0.6 is 12.4 Å². The Hall–Kier alpha value is -1.17. The highest BCUT2D eigenvalue weighted by atomic mass is 35.5. The zero-order valence-electron chi connectivity index (χ0n) is 9.10. The molecule has 0 aliphatic carbocycles. The van der Waals surface area contributed by atoms with Crippen molar-refractivity contribution in [3.63, 3.8) is 0 Å². The van der Waals surface area contributed by atoms with E-state index < -0.39 is 0 Å². The molecule has 0 aliphatic heterocycles. The van der Waals surface area contributed by atoms with Gasteiger partial charge in [0, 0.05) is 26.4 Å². The fourth-order valence-electron chi connectivity index (χ4n) is 1.08. The summed E-state index contributed by atoms with van der Waals surface area (Å²) in [5.74, 6) is -0.206. The molecule has 1 rings (SSSR count). The van der Waals surface area contributed by atoms with E-state index in [9.17, 15) is 4.79 Å². The van der Waals surface area contributed by atoms with Crippen LogP contribution in [0.1, 0.15) is 16.1 Å². The van der Waals surface area contributed by atoms with Gasteiger partial charge in [-0.05, 0) is 17.7 Å². The first-order valence-corrected chi connectivity index (χ1v) is 4.70. The van der Waals surface area contributed by atoms with Gasteiger partial charge in [0.1, 0.15) is 5.69 Å². The molecule has 1 aromatic heterocycles. The van der Waals surface area contributed by atoms with Crippen LogP contribution in [0.2, 0.25) is 0 Å². The van der Waals surface area contributed by atoms with Crippen molar-refractivity contribution < 1.29 is 9.53 Å². The van der Waals surface area contributed by atoms with Gasteiger partial charge in [0.15, 0.2) is 0 Å². The molecule has 0 bridgehead atoms. The van der Waals surface area contributed by atoms with Gasteiger partial charge in [-0.3, -0.25) is 9.78 Å². The number of nitrogens with two attached hydrogens (primary N) is 1. The third kappa shape index (κ3) is 4.57. The van der Waals surface area contributed by atoms with Crippen molar-refractivity contribution in [2.75, 3.05) is 20.3 Å².